The molecule has 1 fully saturated rings. The predicted octanol–water partition coefficient (Wildman–Crippen LogP) is 2.39. The lowest BCUT2D eigenvalue weighted by Crippen LogP contribution is -2.35. The van der Waals surface area contributed by atoms with Crippen LogP contribution < -0.4 is 15.8 Å². The highest BCUT2D eigenvalue weighted by atomic mass is 16.5. The number of carbonyl (C=O) groups excluding carboxylic acids is 1. The molecule has 1 aromatic rings. The molecule has 110 valence electrons. The molecule has 0 spiro atoms. The lowest BCUT2D eigenvalue weighted by atomic mass is 10.0. The molecule has 4 nitrogen and oxygen atoms in total. The third-order valence-corrected chi connectivity index (χ3v) is 3.91. The molecule has 0 bridgehead atoms. The molecule has 1 aliphatic rings. The second kappa shape index (κ2) is 6.75. The van der Waals surface area contributed by atoms with Gasteiger partial charge in [-0.3, -0.25) is 4.79 Å². The van der Waals surface area contributed by atoms with Crippen molar-refractivity contribution in [1.29, 1.82) is 0 Å². The summed E-state index contributed by atoms with van der Waals surface area (Å²) in [5.41, 5.74) is 7.03. The van der Waals surface area contributed by atoms with E-state index in [0.29, 0.717) is 12.3 Å². The van der Waals surface area contributed by atoms with Gasteiger partial charge in [0.15, 0.2) is 0 Å². The van der Waals surface area contributed by atoms with Crippen molar-refractivity contribution in [3.8, 4) is 5.75 Å². The fraction of sp³-hybridized carbons (Fsp3) is 0.562. The summed E-state index contributed by atoms with van der Waals surface area (Å²) in [6.07, 6.45) is 3.57. The molecule has 1 aliphatic carbocycles. The molecule has 0 saturated heterocycles. The number of methoxy groups -OCH3 is 1. The van der Waals surface area contributed by atoms with Crippen LogP contribution in [-0.2, 0) is 4.79 Å². The molecule has 1 saturated carbocycles. The van der Waals surface area contributed by atoms with Gasteiger partial charge in [-0.15, -0.1) is 0 Å². The number of hydrogen-bond acceptors (Lipinski definition) is 3. The number of benzene rings is 1. The lowest BCUT2D eigenvalue weighted by molar-refractivity contribution is -0.122. The Kier molecular flexibility index (Phi) is 5.01. The lowest BCUT2D eigenvalue weighted by Gasteiger charge is -2.21. The van der Waals surface area contributed by atoms with E-state index >= 15 is 0 Å². The van der Waals surface area contributed by atoms with Gasteiger partial charge in [-0.25, -0.2) is 0 Å². The van der Waals surface area contributed by atoms with E-state index in [1.165, 1.54) is 0 Å². The van der Waals surface area contributed by atoms with Crippen molar-refractivity contribution in [2.24, 2.45) is 11.7 Å². The zero-order valence-corrected chi connectivity index (χ0v) is 12.3. The molecule has 4 heteroatoms. The zero-order valence-electron chi connectivity index (χ0n) is 12.3. The molecule has 0 heterocycles. The van der Waals surface area contributed by atoms with E-state index in [4.69, 9.17) is 10.5 Å². The van der Waals surface area contributed by atoms with Crippen molar-refractivity contribution >= 4 is 5.91 Å². The highest BCUT2D eigenvalue weighted by molar-refractivity contribution is 5.77. The van der Waals surface area contributed by atoms with Crippen LogP contribution in [0.15, 0.2) is 24.3 Å². The van der Waals surface area contributed by atoms with Gasteiger partial charge in [0.2, 0.25) is 5.91 Å². The Morgan fingerprint density at radius 3 is 2.75 bits per heavy atom. The second-order valence-electron chi connectivity index (χ2n) is 5.48. The average molecular weight is 276 g/mol. The van der Waals surface area contributed by atoms with Crippen LogP contribution >= 0.6 is 0 Å². The van der Waals surface area contributed by atoms with Gasteiger partial charge in [-0.2, -0.15) is 0 Å². The Morgan fingerprint density at radius 2 is 2.15 bits per heavy atom. The predicted molar refractivity (Wildman–Crippen MR) is 79.5 cm³/mol. The van der Waals surface area contributed by atoms with Gasteiger partial charge in [0.25, 0.3) is 0 Å². The summed E-state index contributed by atoms with van der Waals surface area (Å²) < 4.78 is 5.36. The van der Waals surface area contributed by atoms with Crippen molar-refractivity contribution < 1.29 is 9.53 Å². The first-order chi connectivity index (χ1) is 9.65. The SMILES string of the molecule is CCC(NC(=O)CC(N)C1CC1)c1ccccc1OC. The molecule has 0 aromatic heterocycles. The topological polar surface area (TPSA) is 64.4 Å². The molecular formula is C16H24N2O2. The van der Waals surface area contributed by atoms with Crippen molar-refractivity contribution in [3.05, 3.63) is 29.8 Å². The third-order valence-electron chi connectivity index (χ3n) is 3.91. The number of nitrogens with two attached hydrogens (primary N) is 1. The van der Waals surface area contributed by atoms with Gasteiger partial charge >= 0.3 is 0 Å². The van der Waals surface area contributed by atoms with Crippen LogP contribution in [0, 0.1) is 5.92 Å². The summed E-state index contributed by atoms with van der Waals surface area (Å²) in [5, 5.41) is 3.07. The molecule has 2 atom stereocenters. The zero-order chi connectivity index (χ0) is 14.5. The van der Waals surface area contributed by atoms with E-state index in [-0.39, 0.29) is 18.0 Å². The molecule has 3 N–H and O–H groups in total. The number of ether oxygens (including phenoxy) is 1. The molecule has 0 radical (unpaired) electrons. The molecule has 20 heavy (non-hydrogen) atoms. The van der Waals surface area contributed by atoms with Crippen LogP contribution in [0.25, 0.3) is 0 Å². The van der Waals surface area contributed by atoms with Crippen LogP contribution in [0.4, 0.5) is 0 Å². The third kappa shape index (κ3) is 3.73. The van der Waals surface area contributed by atoms with E-state index in [2.05, 4.69) is 12.2 Å². The van der Waals surface area contributed by atoms with E-state index in [1.807, 2.05) is 24.3 Å². The number of amides is 1. The second-order valence-corrected chi connectivity index (χ2v) is 5.48. The van der Waals surface area contributed by atoms with Crippen LogP contribution in [0.3, 0.4) is 0 Å². The first-order valence-electron chi connectivity index (χ1n) is 7.33. The maximum atomic E-state index is 12.1. The fourth-order valence-corrected chi connectivity index (χ4v) is 2.51. The van der Waals surface area contributed by atoms with E-state index in [1.54, 1.807) is 7.11 Å². The molecule has 2 rings (SSSR count). The van der Waals surface area contributed by atoms with E-state index < -0.39 is 0 Å². The standard InChI is InChI=1S/C16H24N2O2/c1-3-14(12-6-4-5-7-15(12)20-2)18-16(19)10-13(17)11-8-9-11/h4-7,11,13-14H,3,8-10,17H2,1-2H3,(H,18,19). The van der Waals surface area contributed by atoms with Gasteiger partial charge in [0.1, 0.15) is 5.75 Å². The van der Waals surface area contributed by atoms with Crippen LogP contribution in [0.5, 0.6) is 5.75 Å². The number of hydrogen-bond donors (Lipinski definition) is 2. The van der Waals surface area contributed by atoms with Crippen LogP contribution in [0.1, 0.15) is 44.2 Å². The van der Waals surface area contributed by atoms with E-state index in [0.717, 1.165) is 30.6 Å². The number of para-hydroxylation sites is 1. The normalized spacial score (nSPS) is 17.4. The summed E-state index contributed by atoms with van der Waals surface area (Å²) in [7, 11) is 1.65. The molecule has 0 aliphatic heterocycles. The number of carbonyl (C=O) groups is 1. The van der Waals surface area contributed by atoms with E-state index in [9.17, 15) is 4.79 Å². The maximum absolute atomic E-state index is 12.1. The van der Waals surface area contributed by atoms with Crippen LogP contribution in [0.2, 0.25) is 0 Å². The Morgan fingerprint density at radius 1 is 1.45 bits per heavy atom. The molecular weight excluding hydrogens is 252 g/mol. The van der Waals surface area contributed by atoms with Crippen molar-refractivity contribution in [1.82, 2.24) is 5.32 Å². The number of rotatable bonds is 7. The Balaban J connectivity index is 1.98. The monoisotopic (exact) mass is 276 g/mol. The minimum atomic E-state index is -0.0231. The fourth-order valence-electron chi connectivity index (χ4n) is 2.51. The maximum Gasteiger partial charge on any atom is 0.222 e. The highest BCUT2D eigenvalue weighted by Gasteiger charge is 2.30. The van der Waals surface area contributed by atoms with Gasteiger partial charge in [-0.05, 0) is 31.2 Å². The summed E-state index contributed by atoms with van der Waals surface area (Å²) >= 11 is 0. The van der Waals surface area contributed by atoms with Gasteiger partial charge in [-0.1, -0.05) is 25.1 Å². The minimum Gasteiger partial charge on any atom is -0.496 e. The van der Waals surface area contributed by atoms with Crippen molar-refractivity contribution in [3.63, 3.8) is 0 Å². The molecule has 1 aromatic carbocycles. The van der Waals surface area contributed by atoms with Crippen molar-refractivity contribution in [2.75, 3.05) is 7.11 Å². The molecule has 1 amide bonds. The minimum absolute atomic E-state index is 0.00479. The first kappa shape index (κ1) is 14.9. The summed E-state index contributed by atoms with van der Waals surface area (Å²) in [5.74, 6) is 1.39. The molecule has 2 unspecified atom stereocenters. The van der Waals surface area contributed by atoms with Crippen LogP contribution in [-0.4, -0.2) is 19.1 Å². The van der Waals surface area contributed by atoms with Crippen molar-refractivity contribution in [2.45, 2.75) is 44.7 Å². The smallest absolute Gasteiger partial charge is 0.222 e. The quantitative estimate of drug-likeness (QED) is 0.803. The Bertz CT molecular complexity index is 458. The number of nitrogens with one attached hydrogen (secondary N) is 1. The summed E-state index contributed by atoms with van der Waals surface area (Å²) in [6.45, 7) is 2.05. The average Bonchev–Trinajstić information content (AvgIpc) is 3.29. The van der Waals surface area contributed by atoms with Gasteiger partial charge in [0.05, 0.1) is 13.2 Å². The first-order valence-corrected chi connectivity index (χ1v) is 7.33. The summed E-state index contributed by atoms with van der Waals surface area (Å²) in [4.78, 5) is 12.1. The summed E-state index contributed by atoms with van der Waals surface area (Å²) in [6, 6.07) is 7.78. The Labute approximate surface area is 120 Å². The Hall–Kier alpha value is -1.55. The van der Waals surface area contributed by atoms with Gasteiger partial charge < -0.3 is 15.8 Å². The highest BCUT2D eigenvalue weighted by Crippen LogP contribution is 2.33. The van der Waals surface area contributed by atoms with Gasteiger partial charge in [0, 0.05) is 18.0 Å². The largest absolute Gasteiger partial charge is 0.496 e.